The highest BCUT2D eigenvalue weighted by Gasteiger charge is 2.22. The van der Waals surface area contributed by atoms with Crippen LogP contribution in [-0.4, -0.2) is 23.2 Å². The quantitative estimate of drug-likeness (QED) is 0.875. The molecule has 7 nitrogen and oxygen atoms in total. The van der Waals surface area contributed by atoms with E-state index in [4.69, 9.17) is 5.73 Å². The van der Waals surface area contributed by atoms with E-state index in [-0.39, 0.29) is 10.7 Å². The topological polar surface area (TPSA) is 103 Å². The van der Waals surface area contributed by atoms with Gasteiger partial charge in [0.1, 0.15) is 4.90 Å². The molecule has 0 unspecified atom stereocenters. The monoisotopic (exact) mass is 287 g/mol. The van der Waals surface area contributed by atoms with Crippen molar-refractivity contribution in [1.82, 2.24) is 14.8 Å². The van der Waals surface area contributed by atoms with E-state index >= 15 is 0 Å². The van der Waals surface area contributed by atoms with Gasteiger partial charge in [-0.3, -0.25) is 9.40 Å². The second-order valence-corrected chi connectivity index (χ2v) is 6.50. The molecule has 0 aliphatic rings. The van der Waals surface area contributed by atoms with Gasteiger partial charge >= 0.3 is 0 Å². The molecule has 0 spiro atoms. The molecule has 2 heterocycles. The predicted octanol–water partition coefficient (Wildman–Crippen LogP) is 1.05. The predicted molar refractivity (Wildman–Crippen MR) is 70.0 cm³/mol. The van der Waals surface area contributed by atoms with Crippen LogP contribution in [0.2, 0.25) is 0 Å². The number of anilines is 2. The molecular weight excluding hydrogens is 274 g/mol. The third kappa shape index (κ3) is 2.46. The van der Waals surface area contributed by atoms with E-state index in [9.17, 15) is 8.42 Å². The van der Waals surface area contributed by atoms with Gasteiger partial charge in [0.15, 0.2) is 10.9 Å². The first kappa shape index (κ1) is 12.8. The lowest BCUT2D eigenvalue weighted by molar-refractivity contribution is 0.600. The Labute approximate surface area is 109 Å². The van der Waals surface area contributed by atoms with Gasteiger partial charge < -0.3 is 5.73 Å². The summed E-state index contributed by atoms with van der Waals surface area (Å²) in [4.78, 5) is 4.83. The van der Waals surface area contributed by atoms with Crippen molar-refractivity contribution >= 4 is 32.3 Å². The van der Waals surface area contributed by atoms with Crippen LogP contribution in [0.25, 0.3) is 0 Å². The molecule has 0 atom stereocenters. The number of aromatic nitrogens is 3. The van der Waals surface area contributed by atoms with Gasteiger partial charge in [0.2, 0.25) is 0 Å². The molecule has 3 N–H and O–H groups in total. The van der Waals surface area contributed by atoms with Crippen molar-refractivity contribution in [2.45, 2.75) is 25.3 Å². The summed E-state index contributed by atoms with van der Waals surface area (Å²) >= 11 is 1.26. The third-order valence-electron chi connectivity index (χ3n) is 2.21. The lowest BCUT2D eigenvalue weighted by atomic mass is 10.6. The van der Waals surface area contributed by atoms with Crippen LogP contribution in [0.1, 0.15) is 11.8 Å². The minimum absolute atomic E-state index is 0.0161. The molecule has 0 radical (unpaired) electrons. The van der Waals surface area contributed by atoms with E-state index in [0.717, 1.165) is 4.88 Å². The fraction of sp³-hybridized carbons (Fsp3) is 0.333. The SMILES string of the molecule is CCn1cc(S(=O)(=O)Nc2ncc(C)s2)c(N)n1. The van der Waals surface area contributed by atoms with E-state index in [1.54, 1.807) is 6.20 Å². The minimum atomic E-state index is -3.73. The van der Waals surface area contributed by atoms with E-state index in [1.807, 2.05) is 13.8 Å². The van der Waals surface area contributed by atoms with Crippen molar-refractivity contribution in [2.24, 2.45) is 0 Å². The minimum Gasteiger partial charge on any atom is -0.381 e. The Morgan fingerprint density at radius 1 is 1.56 bits per heavy atom. The summed E-state index contributed by atoms with van der Waals surface area (Å²) in [6, 6.07) is 0. The molecule has 0 aliphatic heterocycles. The molecule has 9 heteroatoms. The standard InChI is InChI=1S/C9H13N5O2S2/c1-3-14-5-7(8(10)12-14)18(15,16)13-9-11-4-6(2)17-9/h4-5H,3H2,1-2H3,(H2,10,12)(H,11,13). The largest absolute Gasteiger partial charge is 0.381 e. The van der Waals surface area contributed by atoms with Crippen LogP contribution in [0.4, 0.5) is 10.9 Å². The molecule has 0 saturated heterocycles. The zero-order valence-electron chi connectivity index (χ0n) is 9.91. The number of nitrogen functional groups attached to an aromatic ring is 1. The van der Waals surface area contributed by atoms with E-state index < -0.39 is 10.0 Å². The number of hydrogen-bond acceptors (Lipinski definition) is 6. The number of hydrogen-bond donors (Lipinski definition) is 2. The molecular formula is C9H13N5O2S2. The van der Waals surface area contributed by atoms with Crippen LogP contribution >= 0.6 is 11.3 Å². The van der Waals surface area contributed by atoms with Gasteiger partial charge in [-0.25, -0.2) is 13.4 Å². The molecule has 0 aliphatic carbocycles. The fourth-order valence-corrected chi connectivity index (χ4v) is 3.34. The van der Waals surface area contributed by atoms with Crippen LogP contribution in [-0.2, 0) is 16.6 Å². The number of thiazole rings is 1. The summed E-state index contributed by atoms with van der Waals surface area (Å²) in [6.07, 6.45) is 3.00. The Kier molecular flexibility index (Phi) is 3.26. The normalized spacial score (nSPS) is 11.7. The molecule has 98 valence electrons. The number of aryl methyl sites for hydroxylation is 2. The third-order valence-corrected chi connectivity index (χ3v) is 4.52. The zero-order valence-corrected chi connectivity index (χ0v) is 11.5. The van der Waals surface area contributed by atoms with Gasteiger partial charge in [-0.2, -0.15) is 5.10 Å². The van der Waals surface area contributed by atoms with Crippen molar-refractivity contribution in [3.05, 3.63) is 17.3 Å². The van der Waals surface area contributed by atoms with Crippen molar-refractivity contribution in [1.29, 1.82) is 0 Å². The zero-order chi connectivity index (χ0) is 13.3. The number of nitrogens with zero attached hydrogens (tertiary/aromatic N) is 3. The molecule has 0 fully saturated rings. The van der Waals surface area contributed by atoms with Crippen molar-refractivity contribution in [3.63, 3.8) is 0 Å². The van der Waals surface area contributed by atoms with Crippen LogP contribution in [0.3, 0.4) is 0 Å². The highest BCUT2D eigenvalue weighted by atomic mass is 32.2. The van der Waals surface area contributed by atoms with Crippen LogP contribution in [0, 0.1) is 6.92 Å². The molecule has 0 bridgehead atoms. The maximum Gasteiger partial charge on any atom is 0.268 e. The number of nitrogens with two attached hydrogens (primary N) is 1. The average molecular weight is 287 g/mol. The van der Waals surface area contributed by atoms with Gasteiger partial charge in [-0.05, 0) is 13.8 Å². The van der Waals surface area contributed by atoms with Crippen molar-refractivity contribution in [3.8, 4) is 0 Å². The van der Waals surface area contributed by atoms with E-state index in [2.05, 4.69) is 14.8 Å². The van der Waals surface area contributed by atoms with Gasteiger partial charge in [-0.1, -0.05) is 0 Å². The van der Waals surface area contributed by atoms with Crippen LogP contribution in [0.5, 0.6) is 0 Å². The maximum absolute atomic E-state index is 12.1. The fourth-order valence-electron chi connectivity index (χ4n) is 1.36. The first-order valence-corrected chi connectivity index (χ1v) is 7.50. The summed E-state index contributed by atoms with van der Waals surface area (Å²) in [5, 5.41) is 4.22. The molecule has 2 aromatic heterocycles. The van der Waals surface area contributed by atoms with Crippen LogP contribution in [0.15, 0.2) is 17.3 Å². The molecule has 2 aromatic rings. The van der Waals surface area contributed by atoms with Crippen LogP contribution < -0.4 is 10.5 Å². The Bertz CT molecular complexity index is 658. The Morgan fingerprint density at radius 3 is 2.78 bits per heavy atom. The van der Waals surface area contributed by atoms with E-state index in [0.29, 0.717) is 11.7 Å². The average Bonchev–Trinajstić information content (AvgIpc) is 2.84. The first-order valence-electron chi connectivity index (χ1n) is 5.20. The van der Waals surface area contributed by atoms with Gasteiger partial charge in [0.05, 0.1) is 0 Å². The van der Waals surface area contributed by atoms with Gasteiger partial charge in [0, 0.05) is 23.8 Å². The van der Waals surface area contributed by atoms with E-state index in [1.165, 1.54) is 22.2 Å². The molecule has 0 aromatic carbocycles. The van der Waals surface area contributed by atoms with Gasteiger partial charge in [0.25, 0.3) is 10.0 Å². The maximum atomic E-state index is 12.1. The first-order chi connectivity index (χ1) is 8.42. The summed E-state index contributed by atoms with van der Waals surface area (Å²) < 4.78 is 28.0. The number of nitrogens with one attached hydrogen (secondary N) is 1. The summed E-state index contributed by atoms with van der Waals surface area (Å²) in [5.41, 5.74) is 5.59. The lowest BCUT2D eigenvalue weighted by Crippen LogP contribution is -2.13. The summed E-state index contributed by atoms with van der Waals surface area (Å²) in [6.45, 7) is 4.25. The summed E-state index contributed by atoms with van der Waals surface area (Å²) in [7, 11) is -3.73. The molecule has 0 saturated carbocycles. The molecule has 18 heavy (non-hydrogen) atoms. The molecule has 2 rings (SSSR count). The highest BCUT2D eigenvalue weighted by molar-refractivity contribution is 7.93. The molecule has 0 amide bonds. The lowest BCUT2D eigenvalue weighted by Gasteiger charge is -2.02. The summed E-state index contributed by atoms with van der Waals surface area (Å²) in [5.74, 6) is -0.0161. The Hall–Kier alpha value is -1.61. The Morgan fingerprint density at radius 2 is 2.28 bits per heavy atom. The van der Waals surface area contributed by atoms with Crippen molar-refractivity contribution in [2.75, 3.05) is 10.5 Å². The number of sulfonamides is 1. The highest BCUT2D eigenvalue weighted by Crippen LogP contribution is 2.23. The second kappa shape index (κ2) is 4.58. The van der Waals surface area contributed by atoms with Crippen molar-refractivity contribution < 1.29 is 8.42 Å². The number of rotatable bonds is 4. The Balaban J connectivity index is 2.33. The second-order valence-electron chi connectivity index (χ2n) is 3.62. The van der Waals surface area contributed by atoms with Gasteiger partial charge in [-0.15, -0.1) is 11.3 Å². The smallest absolute Gasteiger partial charge is 0.268 e.